The fraction of sp³-hybridized carbons (Fsp3) is 0.833. The molecule has 2 heterocycles. The van der Waals surface area contributed by atoms with E-state index in [4.69, 9.17) is 4.74 Å². The number of carbonyl (C=O) groups is 2. The summed E-state index contributed by atoms with van der Waals surface area (Å²) in [5, 5.41) is 12.4. The lowest BCUT2D eigenvalue weighted by molar-refractivity contribution is -0.142. The number of hydrogen-bond acceptors (Lipinski definition) is 4. The van der Waals surface area contributed by atoms with E-state index in [1.165, 1.54) is 0 Å². The summed E-state index contributed by atoms with van der Waals surface area (Å²) >= 11 is 0. The van der Waals surface area contributed by atoms with Gasteiger partial charge in [0, 0.05) is 32.7 Å². The fourth-order valence-electron chi connectivity index (χ4n) is 2.64. The number of carboxylic acid groups (broad SMARTS) is 1. The molecular weight excluding hydrogens is 250 g/mol. The van der Waals surface area contributed by atoms with E-state index in [-0.39, 0.29) is 18.7 Å². The first-order chi connectivity index (χ1) is 9.15. The molecule has 0 spiro atoms. The Kier molecular flexibility index (Phi) is 4.60. The van der Waals surface area contributed by atoms with E-state index in [0.29, 0.717) is 26.2 Å². The number of hydrogen-bond donors (Lipinski definition) is 2. The van der Waals surface area contributed by atoms with Crippen molar-refractivity contribution in [2.75, 3.05) is 45.9 Å². The van der Waals surface area contributed by atoms with Crippen molar-refractivity contribution in [1.29, 1.82) is 0 Å². The molecule has 19 heavy (non-hydrogen) atoms. The van der Waals surface area contributed by atoms with Gasteiger partial charge < -0.3 is 25.0 Å². The van der Waals surface area contributed by atoms with Crippen LogP contribution in [0, 0.1) is 5.92 Å². The van der Waals surface area contributed by atoms with Crippen LogP contribution in [0.2, 0.25) is 0 Å². The minimum atomic E-state index is -0.894. The van der Waals surface area contributed by atoms with Crippen molar-refractivity contribution in [3.63, 3.8) is 0 Å². The highest BCUT2D eigenvalue weighted by Gasteiger charge is 2.40. The second kappa shape index (κ2) is 6.21. The summed E-state index contributed by atoms with van der Waals surface area (Å²) in [7, 11) is 0. The Morgan fingerprint density at radius 3 is 2.63 bits per heavy atom. The maximum Gasteiger partial charge on any atom is 0.320 e. The van der Waals surface area contributed by atoms with E-state index in [1.54, 1.807) is 9.80 Å². The van der Waals surface area contributed by atoms with Crippen LogP contribution in [0.1, 0.15) is 6.92 Å². The third kappa shape index (κ3) is 2.98. The van der Waals surface area contributed by atoms with Crippen molar-refractivity contribution in [2.45, 2.75) is 13.0 Å². The summed E-state index contributed by atoms with van der Waals surface area (Å²) < 4.78 is 5.25. The monoisotopic (exact) mass is 271 g/mol. The van der Waals surface area contributed by atoms with E-state index >= 15 is 0 Å². The van der Waals surface area contributed by atoms with Gasteiger partial charge in [-0.3, -0.25) is 4.79 Å². The molecule has 0 saturated carbocycles. The summed E-state index contributed by atoms with van der Waals surface area (Å²) in [6.07, 6.45) is 0. The summed E-state index contributed by atoms with van der Waals surface area (Å²) in [4.78, 5) is 27.1. The molecular formula is C12H21N3O4. The highest BCUT2D eigenvalue weighted by Crippen LogP contribution is 2.21. The summed E-state index contributed by atoms with van der Waals surface area (Å²) in [6.45, 7) is 5.77. The number of urea groups is 1. The van der Waals surface area contributed by atoms with E-state index in [1.807, 2.05) is 6.92 Å². The number of likely N-dealkylation sites (N-methyl/N-ethyl adjacent to an activating group) is 1. The number of ether oxygens (including phenoxy) is 1. The largest absolute Gasteiger partial charge is 0.481 e. The maximum atomic E-state index is 12.5. The first kappa shape index (κ1) is 14.1. The number of carbonyl (C=O) groups excluding carboxylic acids is 1. The van der Waals surface area contributed by atoms with Gasteiger partial charge in [-0.25, -0.2) is 4.79 Å². The van der Waals surface area contributed by atoms with Crippen LogP contribution in [0.15, 0.2) is 0 Å². The van der Waals surface area contributed by atoms with Gasteiger partial charge in [0.2, 0.25) is 0 Å². The van der Waals surface area contributed by atoms with Gasteiger partial charge in [-0.05, 0) is 6.92 Å². The molecule has 7 heteroatoms. The van der Waals surface area contributed by atoms with E-state index in [9.17, 15) is 14.7 Å². The Bertz CT molecular complexity index is 344. The Morgan fingerprint density at radius 2 is 2.05 bits per heavy atom. The lowest BCUT2D eigenvalue weighted by Gasteiger charge is -2.36. The number of carboxylic acids is 1. The minimum absolute atomic E-state index is 0.0780. The number of nitrogens with one attached hydrogen (secondary N) is 1. The highest BCUT2D eigenvalue weighted by atomic mass is 16.5. The summed E-state index contributed by atoms with van der Waals surface area (Å²) in [5.74, 6) is -1.51. The predicted octanol–water partition coefficient (Wildman–Crippen LogP) is -0.567. The van der Waals surface area contributed by atoms with Crippen molar-refractivity contribution in [3.05, 3.63) is 0 Å². The van der Waals surface area contributed by atoms with Crippen LogP contribution in [0.5, 0.6) is 0 Å². The van der Waals surface area contributed by atoms with Gasteiger partial charge in [-0.2, -0.15) is 0 Å². The second-order valence-electron chi connectivity index (χ2n) is 4.86. The summed E-state index contributed by atoms with van der Waals surface area (Å²) in [6, 6.07) is -0.435. The Morgan fingerprint density at radius 1 is 1.37 bits per heavy atom. The number of rotatable bonds is 3. The lowest BCUT2D eigenvalue weighted by atomic mass is 10.0. The van der Waals surface area contributed by atoms with Crippen molar-refractivity contribution < 1.29 is 19.4 Å². The fourth-order valence-corrected chi connectivity index (χ4v) is 2.64. The standard InChI is InChI=1S/C12H21N3O4/c1-2-15(10-8-19-7-9(10)11(16)17)12(18)14-5-3-13-4-6-14/h9-10,13H,2-8H2,1H3,(H,16,17). The van der Waals surface area contributed by atoms with Gasteiger partial charge in [-0.1, -0.05) is 0 Å². The molecule has 2 fully saturated rings. The van der Waals surface area contributed by atoms with Crippen LogP contribution in [0.25, 0.3) is 0 Å². The Balaban J connectivity index is 2.05. The third-order valence-electron chi connectivity index (χ3n) is 3.74. The molecule has 7 nitrogen and oxygen atoms in total. The van der Waals surface area contributed by atoms with Crippen molar-refractivity contribution in [3.8, 4) is 0 Å². The molecule has 0 aromatic carbocycles. The Hall–Kier alpha value is -1.34. The number of amides is 2. The highest BCUT2D eigenvalue weighted by molar-refractivity contribution is 5.77. The van der Waals surface area contributed by atoms with Crippen molar-refractivity contribution >= 4 is 12.0 Å². The van der Waals surface area contributed by atoms with Gasteiger partial charge in [0.25, 0.3) is 0 Å². The number of piperazine rings is 1. The molecule has 0 bridgehead atoms. The SMILES string of the molecule is CCN(C(=O)N1CCNCC1)C1COCC1C(=O)O. The van der Waals surface area contributed by atoms with Crippen LogP contribution in [0.3, 0.4) is 0 Å². The normalized spacial score (nSPS) is 27.3. The molecule has 2 atom stereocenters. The number of aliphatic carboxylic acids is 1. The molecule has 0 aliphatic carbocycles. The molecule has 2 saturated heterocycles. The molecule has 2 rings (SSSR count). The quantitative estimate of drug-likeness (QED) is 0.718. The van der Waals surface area contributed by atoms with Crippen LogP contribution < -0.4 is 5.32 Å². The zero-order valence-electron chi connectivity index (χ0n) is 11.2. The topological polar surface area (TPSA) is 82.1 Å². The zero-order valence-corrected chi connectivity index (χ0v) is 11.2. The van der Waals surface area contributed by atoms with Gasteiger partial charge in [0.1, 0.15) is 5.92 Å². The molecule has 0 aromatic rings. The molecule has 2 unspecified atom stereocenters. The molecule has 108 valence electrons. The zero-order chi connectivity index (χ0) is 13.8. The minimum Gasteiger partial charge on any atom is -0.481 e. The van der Waals surface area contributed by atoms with Gasteiger partial charge in [0.15, 0.2) is 0 Å². The van der Waals surface area contributed by atoms with Gasteiger partial charge in [0.05, 0.1) is 19.3 Å². The van der Waals surface area contributed by atoms with E-state index in [0.717, 1.165) is 13.1 Å². The first-order valence-corrected chi connectivity index (χ1v) is 6.72. The second-order valence-corrected chi connectivity index (χ2v) is 4.86. The maximum absolute atomic E-state index is 12.5. The summed E-state index contributed by atoms with van der Waals surface area (Å²) in [5.41, 5.74) is 0. The first-order valence-electron chi connectivity index (χ1n) is 6.72. The lowest BCUT2D eigenvalue weighted by Crippen LogP contribution is -2.55. The average molecular weight is 271 g/mol. The van der Waals surface area contributed by atoms with Gasteiger partial charge >= 0.3 is 12.0 Å². The smallest absolute Gasteiger partial charge is 0.320 e. The molecule has 2 aliphatic rings. The van der Waals surface area contributed by atoms with Crippen LogP contribution in [-0.2, 0) is 9.53 Å². The van der Waals surface area contributed by atoms with Crippen molar-refractivity contribution in [1.82, 2.24) is 15.1 Å². The third-order valence-corrected chi connectivity index (χ3v) is 3.74. The van der Waals surface area contributed by atoms with Crippen LogP contribution in [-0.4, -0.2) is 78.9 Å². The predicted molar refractivity (Wildman–Crippen MR) is 68.0 cm³/mol. The van der Waals surface area contributed by atoms with Crippen molar-refractivity contribution in [2.24, 2.45) is 5.92 Å². The van der Waals surface area contributed by atoms with Crippen LogP contribution in [0.4, 0.5) is 4.79 Å². The Labute approximate surface area is 112 Å². The molecule has 0 radical (unpaired) electrons. The van der Waals surface area contributed by atoms with Gasteiger partial charge in [-0.15, -0.1) is 0 Å². The average Bonchev–Trinajstić information content (AvgIpc) is 2.90. The van der Waals surface area contributed by atoms with Crippen LogP contribution >= 0.6 is 0 Å². The molecule has 0 aromatic heterocycles. The molecule has 2 amide bonds. The number of nitrogens with zero attached hydrogens (tertiary/aromatic N) is 2. The van der Waals surface area contributed by atoms with E-state index in [2.05, 4.69) is 5.32 Å². The molecule has 2 N–H and O–H groups in total. The van der Waals surface area contributed by atoms with E-state index < -0.39 is 11.9 Å². The molecule has 2 aliphatic heterocycles.